The fourth-order valence-electron chi connectivity index (χ4n) is 1.63. The second-order valence-corrected chi connectivity index (χ2v) is 4.13. The van der Waals surface area contributed by atoms with Gasteiger partial charge in [0, 0.05) is 6.21 Å². The molecule has 0 aliphatic heterocycles. The number of benzene rings is 2. The molecule has 4 nitrogen and oxygen atoms in total. The summed E-state index contributed by atoms with van der Waals surface area (Å²) < 4.78 is 0. The monoisotopic (exact) mass is 266 g/mol. The van der Waals surface area contributed by atoms with Gasteiger partial charge < -0.3 is 10.8 Å². The Kier molecular flexibility index (Phi) is 4.29. The van der Waals surface area contributed by atoms with Crippen LogP contribution in [0.15, 0.2) is 65.2 Å². The first-order chi connectivity index (χ1) is 9.70. The molecule has 0 heterocycles. The summed E-state index contributed by atoms with van der Waals surface area (Å²) in [6.45, 7) is 0. The lowest BCUT2D eigenvalue weighted by Gasteiger charge is -2.03. The Morgan fingerprint density at radius 2 is 1.70 bits per heavy atom. The van der Waals surface area contributed by atoms with Crippen LogP contribution >= 0.6 is 0 Å². The summed E-state index contributed by atoms with van der Waals surface area (Å²) in [5.74, 6) is 0.146. The maximum Gasteiger partial charge on any atom is 0.153 e. The Labute approximate surface area is 116 Å². The van der Waals surface area contributed by atoms with E-state index in [2.05, 4.69) is 4.99 Å². The number of hydrogen-bond acceptors (Lipinski definition) is 4. The summed E-state index contributed by atoms with van der Waals surface area (Å²) in [6, 6.07) is 15.6. The van der Waals surface area contributed by atoms with Crippen molar-refractivity contribution >= 4 is 23.9 Å². The van der Waals surface area contributed by atoms with Crippen LogP contribution < -0.4 is 5.73 Å². The average molecular weight is 266 g/mol. The highest BCUT2D eigenvalue weighted by Crippen LogP contribution is 2.17. The van der Waals surface area contributed by atoms with Gasteiger partial charge in [0.2, 0.25) is 0 Å². The molecular formula is C16H14N2O2. The molecule has 0 atom stereocenters. The lowest BCUT2D eigenvalue weighted by Crippen LogP contribution is -2.03. The van der Waals surface area contributed by atoms with Gasteiger partial charge in [0.05, 0.1) is 17.0 Å². The number of carbonyl (C=O) groups is 1. The Bertz CT molecular complexity index is 644. The van der Waals surface area contributed by atoms with Crippen LogP contribution in [0, 0.1) is 0 Å². The van der Waals surface area contributed by atoms with E-state index in [9.17, 15) is 9.90 Å². The minimum atomic E-state index is 0.146. The molecule has 2 rings (SSSR count). The van der Waals surface area contributed by atoms with E-state index in [0.717, 1.165) is 5.69 Å². The third-order valence-electron chi connectivity index (χ3n) is 2.73. The Morgan fingerprint density at radius 1 is 1.05 bits per heavy atom. The molecular weight excluding hydrogens is 252 g/mol. The lowest BCUT2D eigenvalue weighted by molar-refractivity contribution is -0.104. The number of aromatic hydroxyl groups is 1. The predicted molar refractivity (Wildman–Crippen MR) is 79.9 cm³/mol. The number of carbonyl (C=O) groups excluding carboxylic acids is 1. The molecule has 4 heteroatoms. The van der Waals surface area contributed by atoms with Crippen molar-refractivity contribution in [3.8, 4) is 5.75 Å². The van der Waals surface area contributed by atoms with Crippen molar-refractivity contribution in [1.29, 1.82) is 0 Å². The van der Waals surface area contributed by atoms with Crippen molar-refractivity contribution in [2.24, 2.45) is 10.7 Å². The maximum atomic E-state index is 11.1. The number of rotatable bonds is 4. The van der Waals surface area contributed by atoms with Crippen molar-refractivity contribution in [2.45, 2.75) is 0 Å². The fraction of sp³-hybridized carbons (Fsp3) is 0. The summed E-state index contributed by atoms with van der Waals surface area (Å²) in [4.78, 5) is 15.3. The summed E-state index contributed by atoms with van der Waals surface area (Å²) in [5, 5.41) is 9.23. The molecule has 2 aromatic rings. The number of nitrogens with two attached hydrogens (primary N) is 1. The molecule has 0 aromatic heterocycles. The van der Waals surface area contributed by atoms with Crippen LogP contribution in [-0.2, 0) is 4.79 Å². The van der Waals surface area contributed by atoms with Gasteiger partial charge in [-0.25, -0.2) is 0 Å². The van der Waals surface area contributed by atoms with Crippen LogP contribution in [0.3, 0.4) is 0 Å². The molecule has 0 saturated heterocycles. The number of phenols is 1. The second-order valence-electron chi connectivity index (χ2n) is 4.13. The Morgan fingerprint density at radius 3 is 2.30 bits per heavy atom. The molecule has 0 saturated carbocycles. The summed E-state index contributed by atoms with van der Waals surface area (Å²) in [5.41, 5.74) is 7.95. The molecule has 0 fully saturated rings. The number of aliphatic imine (C=N–C) groups is 1. The van der Waals surface area contributed by atoms with Gasteiger partial charge in [-0.05, 0) is 42.0 Å². The molecule has 20 heavy (non-hydrogen) atoms. The molecule has 0 spiro atoms. The van der Waals surface area contributed by atoms with Crippen LogP contribution in [-0.4, -0.2) is 17.6 Å². The number of aldehydes is 1. The van der Waals surface area contributed by atoms with E-state index in [1.165, 1.54) is 18.3 Å². The molecule has 0 radical (unpaired) electrons. The van der Waals surface area contributed by atoms with Crippen LogP contribution in [0.5, 0.6) is 5.75 Å². The van der Waals surface area contributed by atoms with Crippen molar-refractivity contribution in [2.75, 3.05) is 0 Å². The van der Waals surface area contributed by atoms with Gasteiger partial charge in [0.1, 0.15) is 5.75 Å². The minimum absolute atomic E-state index is 0.146. The topological polar surface area (TPSA) is 75.7 Å². The first kappa shape index (κ1) is 13.5. The molecule has 0 bridgehead atoms. The van der Waals surface area contributed by atoms with Crippen molar-refractivity contribution in [3.05, 3.63) is 65.7 Å². The number of phenolic OH excluding ortho intramolecular Hbond substituents is 1. The largest absolute Gasteiger partial charge is 0.508 e. The van der Waals surface area contributed by atoms with E-state index in [-0.39, 0.29) is 5.75 Å². The molecule has 100 valence electrons. The first-order valence-corrected chi connectivity index (χ1v) is 6.04. The van der Waals surface area contributed by atoms with Crippen molar-refractivity contribution in [1.82, 2.24) is 0 Å². The van der Waals surface area contributed by atoms with Crippen LogP contribution in [0.4, 0.5) is 5.69 Å². The average Bonchev–Trinajstić information content (AvgIpc) is 2.49. The van der Waals surface area contributed by atoms with Crippen LogP contribution in [0.25, 0.3) is 5.70 Å². The highest BCUT2D eigenvalue weighted by molar-refractivity contribution is 6.09. The van der Waals surface area contributed by atoms with E-state index in [1.54, 1.807) is 12.1 Å². The van der Waals surface area contributed by atoms with Gasteiger partial charge in [-0.2, -0.15) is 0 Å². The van der Waals surface area contributed by atoms with Crippen LogP contribution in [0.1, 0.15) is 5.56 Å². The molecule has 0 aliphatic carbocycles. The summed E-state index contributed by atoms with van der Waals surface area (Å²) >= 11 is 0. The smallest absolute Gasteiger partial charge is 0.153 e. The summed E-state index contributed by atoms with van der Waals surface area (Å²) in [7, 11) is 0. The van der Waals surface area contributed by atoms with Gasteiger partial charge in [-0.3, -0.25) is 9.79 Å². The zero-order valence-electron chi connectivity index (χ0n) is 10.7. The molecule has 2 aromatic carbocycles. The van der Waals surface area contributed by atoms with E-state index in [4.69, 9.17) is 5.73 Å². The van der Waals surface area contributed by atoms with Gasteiger partial charge in [0.15, 0.2) is 6.29 Å². The normalized spacial score (nSPS) is 12.2. The van der Waals surface area contributed by atoms with E-state index >= 15 is 0 Å². The second kappa shape index (κ2) is 6.33. The number of nitrogens with zero attached hydrogens (tertiary/aromatic N) is 1. The van der Waals surface area contributed by atoms with Gasteiger partial charge in [0.25, 0.3) is 0 Å². The molecule has 0 amide bonds. The standard InChI is InChI=1S/C16H14N2O2/c17-16(12-6-8-15(20)9-7-12)13(11-19)10-18-14-4-2-1-3-5-14/h1-11,20H,17H2/b16-13+,18-10?. The highest BCUT2D eigenvalue weighted by Gasteiger charge is 2.03. The Balaban J connectivity index is 2.30. The van der Waals surface area contributed by atoms with Crippen LogP contribution in [0.2, 0.25) is 0 Å². The molecule has 0 unspecified atom stereocenters. The van der Waals surface area contributed by atoms with Crippen molar-refractivity contribution < 1.29 is 9.90 Å². The van der Waals surface area contributed by atoms with Crippen molar-refractivity contribution in [3.63, 3.8) is 0 Å². The number of para-hydroxylation sites is 1. The molecule has 0 aliphatic rings. The molecule has 3 N–H and O–H groups in total. The van der Waals surface area contributed by atoms with Gasteiger partial charge >= 0.3 is 0 Å². The highest BCUT2D eigenvalue weighted by atomic mass is 16.3. The van der Waals surface area contributed by atoms with E-state index in [1.807, 2.05) is 30.3 Å². The SMILES string of the molecule is N/C(=C(/C=O)C=Nc1ccccc1)c1ccc(O)cc1. The minimum Gasteiger partial charge on any atom is -0.508 e. The zero-order chi connectivity index (χ0) is 14.4. The first-order valence-electron chi connectivity index (χ1n) is 6.04. The number of hydrogen-bond donors (Lipinski definition) is 2. The quantitative estimate of drug-likeness (QED) is 0.507. The number of allylic oxidation sites excluding steroid dienone is 1. The summed E-state index contributed by atoms with van der Waals surface area (Å²) in [6.07, 6.45) is 2.10. The fourth-order valence-corrected chi connectivity index (χ4v) is 1.63. The maximum absolute atomic E-state index is 11.1. The van der Waals surface area contributed by atoms with Gasteiger partial charge in [-0.1, -0.05) is 18.2 Å². The third-order valence-corrected chi connectivity index (χ3v) is 2.73. The van der Waals surface area contributed by atoms with Gasteiger partial charge in [-0.15, -0.1) is 0 Å². The lowest BCUT2D eigenvalue weighted by atomic mass is 10.1. The van der Waals surface area contributed by atoms with E-state index in [0.29, 0.717) is 23.1 Å². The third kappa shape index (κ3) is 3.32. The van der Waals surface area contributed by atoms with E-state index < -0.39 is 0 Å². The zero-order valence-corrected chi connectivity index (χ0v) is 10.7. The predicted octanol–water partition coefficient (Wildman–Crippen LogP) is 2.66. The Hall–Kier alpha value is -2.88.